The number of rotatable bonds is 9. The van der Waals surface area contributed by atoms with Gasteiger partial charge in [-0.05, 0) is 62.1 Å². The third-order valence-corrected chi connectivity index (χ3v) is 5.86. The van der Waals surface area contributed by atoms with Crippen LogP contribution in [-0.2, 0) is 9.59 Å². The van der Waals surface area contributed by atoms with Crippen molar-refractivity contribution in [1.82, 2.24) is 14.5 Å². The van der Waals surface area contributed by atoms with Crippen LogP contribution in [-0.4, -0.2) is 46.0 Å². The molecule has 2 amide bonds. The molecule has 0 atom stereocenters. The highest BCUT2D eigenvalue weighted by Gasteiger charge is 2.34. The van der Waals surface area contributed by atoms with Crippen molar-refractivity contribution < 1.29 is 14.3 Å². The largest absolute Gasteiger partial charge is 0.497 e. The molecule has 1 heterocycles. The Morgan fingerprint density at radius 1 is 1.12 bits per heavy atom. The molecule has 0 unspecified atom stereocenters. The Kier molecular flexibility index (Phi) is 7.01. The number of hydrogen-bond acceptors (Lipinski definition) is 4. The maximum absolute atomic E-state index is 13.0. The number of nitrogens with zero attached hydrogens (tertiary/aromatic N) is 3. The second kappa shape index (κ2) is 10.1. The van der Waals surface area contributed by atoms with Crippen LogP contribution in [0.25, 0.3) is 16.9 Å². The van der Waals surface area contributed by atoms with Crippen LogP contribution >= 0.6 is 0 Å². The molecule has 1 aromatic heterocycles. The van der Waals surface area contributed by atoms with Gasteiger partial charge in [0.1, 0.15) is 12.3 Å². The topological polar surface area (TPSA) is 76.5 Å². The summed E-state index contributed by atoms with van der Waals surface area (Å²) in [7, 11) is 1.63. The van der Waals surface area contributed by atoms with Crippen LogP contribution in [0.5, 0.6) is 5.75 Å². The van der Waals surface area contributed by atoms with Crippen LogP contribution in [0.15, 0.2) is 54.7 Å². The highest BCUT2D eigenvalue weighted by molar-refractivity contribution is 5.94. The zero-order valence-corrected chi connectivity index (χ0v) is 20.2. The Balaban J connectivity index is 1.59. The fourth-order valence-electron chi connectivity index (χ4n) is 3.86. The van der Waals surface area contributed by atoms with E-state index in [4.69, 9.17) is 9.72 Å². The molecular weight excluding hydrogens is 428 g/mol. The summed E-state index contributed by atoms with van der Waals surface area (Å²) in [5.41, 5.74) is 3.68. The van der Waals surface area contributed by atoms with Gasteiger partial charge < -0.3 is 9.64 Å². The molecule has 0 radical (unpaired) electrons. The number of carbonyl (C=O) groups is 2. The number of benzene rings is 2. The molecule has 7 heteroatoms. The van der Waals surface area contributed by atoms with Crippen LogP contribution in [0, 0.1) is 12.8 Å². The Labute approximate surface area is 200 Å². The summed E-state index contributed by atoms with van der Waals surface area (Å²) in [6.45, 7) is 6.10. The predicted octanol–water partition coefficient (Wildman–Crippen LogP) is 4.83. The third kappa shape index (κ3) is 5.65. The number of anilines is 1. The van der Waals surface area contributed by atoms with Crippen molar-refractivity contribution in [3.8, 4) is 22.7 Å². The second-order valence-electron chi connectivity index (χ2n) is 9.28. The first-order valence-corrected chi connectivity index (χ1v) is 11.7. The molecule has 4 rings (SSSR count). The van der Waals surface area contributed by atoms with Crippen LogP contribution in [0.3, 0.4) is 0 Å². The smallest absolute Gasteiger partial charge is 0.246 e. The normalized spacial score (nSPS) is 13.1. The van der Waals surface area contributed by atoms with Gasteiger partial charge in [-0.3, -0.25) is 19.5 Å². The molecule has 7 nitrogen and oxygen atoms in total. The highest BCUT2D eigenvalue weighted by atomic mass is 16.5. The van der Waals surface area contributed by atoms with Gasteiger partial charge >= 0.3 is 0 Å². The van der Waals surface area contributed by atoms with E-state index in [0.29, 0.717) is 12.4 Å². The lowest BCUT2D eigenvalue weighted by atomic mass is 10.1. The molecular formula is C27H32N4O3. The highest BCUT2D eigenvalue weighted by Crippen LogP contribution is 2.29. The van der Waals surface area contributed by atoms with E-state index in [1.54, 1.807) is 12.0 Å². The van der Waals surface area contributed by atoms with Gasteiger partial charge in [-0.25, -0.2) is 4.98 Å². The molecule has 0 aliphatic heterocycles. The average Bonchev–Trinajstić information content (AvgIpc) is 3.57. The number of aryl methyl sites for hydroxylation is 1. The first-order chi connectivity index (χ1) is 16.3. The maximum atomic E-state index is 13.0. The standard InChI is InChI=1S/C27H32N4O3/c1-18(2)15-26(33)30(21-11-12-21)17-25(32)29-27-28-24(20-7-13-23(34-4)14-8-20)16-31(27)22-9-5-19(3)6-10-22/h5-10,13-14,16,18,21H,11-12,15,17H2,1-4H3,(H,28,29,32). The SMILES string of the molecule is COc1ccc(-c2cn(-c3ccc(C)cc3)c(NC(=O)CN(C(=O)CC(C)C)C3CC3)n2)cc1. The minimum absolute atomic E-state index is 0.0356. The molecule has 1 saturated carbocycles. The van der Waals surface area contributed by atoms with Crippen molar-refractivity contribution >= 4 is 17.8 Å². The monoisotopic (exact) mass is 460 g/mol. The molecule has 1 fully saturated rings. The molecule has 0 spiro atoms. The summed E-state index contributed by atoms with van der Waals surface area (Å²) < 4.78 is 7.13. The maximum Gasteiger partial charge on any atom is 0.246 e. The summed E-state index contributed by atoms with van der Waals surface area (Å²) in [6, 6.07) is 15.8. The zero-order valence-electron chi connectivity index (χ0n) is 20.2. The van der Waals surface area contributed by atoms with Gasteiger partial charge in [0, 0.05) is 29.9 Å². The van der Waals surface area contributed by atoms with Gasteiger partial charge in [0.2, 0.25) is 17.8 Å². The van der Waals surface area contributed by atoms with Crippen LogP contribution in [0.2, 0.25) is 0 Å². The molecule has 0 saturated heterocycles. The van der Waals surface area contributed by atoms with Crippen molar-refractivity contribution in [3.05, 3.63) is 60.3 Å². The molecule has 34 heavy (non-hydrogen) atoms. The fraction of sp³-hybridized carbons (Fsp3) is 0.370. The molecule has 0 bridgehead atoms. The third-order valence-electron chi connectivity index (χ3n) is 5.86. The van der Waals surface area contributed by atoms with E-state index in [9.17, 15) is 9.59 Å². The van der Waals surface area contributed by atoms with Gasteiger partial charge in [0.15, 0.2) is 0 Å². The number of imidazole rings is 1. The predicted molar refractivity (Wildman–Crippen MR) is 133 cm³/mol. The van der Waals surface area contributed by atoms with E-state index < -0.39 is 0 Å². The van der Waals surface area contributed by atoms with Gasteiger partial charge in [-0.1, -0.05) is 31.5 Å². The number of amides is 2. The van der Waals surface area contributed by atoms with Crippen molar-refractivity contribution in [2.45, 2.75) is 46.1 Å². The van der Waals surface area contributed by atoms with Crippen molar-refractivity contribution in [2.24, 2.45) is 5.92 Å². The number of carbonyl (C=O) groups excluding carboxylic acids is 2. The van der Waals surface area contributed by atoms with Crippen molar-refractivity contribution in [3.63, 3.8) is 0 Å². The minimum atomic E-state index is -0.246. The number of hydrogen-bond donors (Lipinski definition) is 1. The fourth-order valence-corrected chi connectivity index (χ4v) is 3.86. The number of ether oxygens (including phenoxy) is 1. The number of methoxy groups -OCH3 is 1. The Hall–Kier alpha value is -3.61. The minimum Gasteiger partial charge on any atom is -0.497 e. The van der Waals surface area contributed by atoms with Gasteiger partial charge in [0.05, 0.1) is 12.8 Å². The molecule has 1 N–H and O–H groups in total. The lowest BCUT2D eigenvalue weighted by Crippen LogP contribution is -2.40. The van der Waals surface area contributed by atoms with Crippen LogP contribution < -0.4 is 10.1 Å². The first kappa shape index (κ1) is 23.5. The van der Waals surface area contributed by atoms with E-state index in [-0.39, 0.29) is 30.3 Å². The first-order valence-electron chi connectivity index (χ1n) is 11.7. The summed E-state index contributed by atoms with van der Waals surface area (Å²) in [5, 5.41) is 2.95. The quantitative estimate of drug-likeness (QED) is 0.496. The van der Waals surface area contributed by atoms with E-state index in [0.717, 1.165) is 41.1 Å². The lowest BCUT2D eigenvalue weighted by Gasteiger charge is -2.22. The van der Waals surface area contributed by atoms with Crippen molar-refractivity contribution in [2.75, 3.05) is 19.0 Å². The Bertz CT molecular complexity index is 1150. The average molecular weight is 461 g/mol. The summed E-state index contributed by atoms with van der Waals surface area (Å²) in [5.74, 6) is 1.23. The lowest BCUT2D eigenvalue weighted by molar-refractivity contribution is -0.135. The summed E-state index contributed by atoms with van der Waals surface area (Å²) in [6.07, 6.45) is 4.27. The van der Waals surface area contributed by atoms with Crippen LogP contribution in [0.1, 0.15) is 38.7 Å². The Morgan fingerprint density at radius 3 is 2.38 bits per heavy atom. The van der Waals surface area contributed by atoms with Crippen molar-refractivity contribution in [1.29, 1.82) is 0 Å². The summed E-state index contributed by atoms with van der Waals surface area (Å²) >= 11 is 0. The van der Waals surface area contributed by atoms with E-state index in [2.05, 4.69) is 5.32 Å². The molecule has 2 aromatic carbocycles. The summed E-state index contributed by atoms with van der Waals surface area (Å²) in [4.78, 5) is 32.2. The van der Waals surface area contributed by atoms with Gasteiger partial charge in [0.25, 0.3) is 0 Å². The van der Waals surface area contributed by atoms with E-state index in [1.807, 2.05) is 80.1 Å². The molecule has 178 valence electrons. The van der Waals surface area contributed by atoms with Gasteiger partial charge in [-0.2, -0.15) is 0 Å². The molecule has 1 aliphatic carbocycles. The number of nitrogens with one attached hydrogen (secondary N) is 1. The Morgan fingerprint density at radius 2 is 1.79 bits per heavy atom. The molecule has 1 aliphatic rings. The second-order valence-corrected chi connectivity index (χ2v) is 9.28. The zero-order chi connectivity index (χ0) is 24.2. The van der Waals surface area contributed by atoms with Gasteiger partial charge in [-0.15, -0.1) is 0 Å². The van der Waals surface area contributed by atoms with Crippen LogP contribution in [0.4, 0.5) is 5.95 Å². The van der Waals surface area contributed by atoms with E-state index >= 15 is 0 Å². The van der Waals surface area contributed by atoms with E-state index in [1.165, 1.54) is 0 Å². The number of aromatic nitrogens is 2. The molecule has 3 aromatic rings.